The smallest absolute Gasteiger partial charge is 0.267 e. The largest absolute Gasteiger partial charge is 0.291 e. The van der Waals surface area contributed by atoms with Crippen LogP contribution < -0.4 is 5.32 Å². The molecule has 0 saturated heterocycles. The van der Waals surface area contributed by atoms with Gasteiger partial charge in [-0.2, -0.15) is 0 Å². The fourth-order valence-corrected chi connectivity index (χ4v) is 3.27. The molecule has 0 atom stereocenters. The third kappa shape index (κ3) is 3.32. The first-order chi connectivity index (χ1) is 10.7. The maximum atomic E-state index is 11.9. The van der Waals surface area contributed by atoms with Gasteiger partial charge in [0.25, 0.3) is 5.91 Å². The van der Waals surface area contributed by atoms with E-state index in [0.29, 0.717) is 4.88 Å². The number of aromatic nitrogens is 2. The zero-order chi connectivity index (χ0) is 15.4. The van der Waals surface area contributed by atoms with Crippen molar-refractivity contribution >= 4 is 45.8 Å². The fraction of sp³-hybridized carbons (Fsp3) is 0.0667. The number of benzene rings is 1. The summed E-state index contributed by atoms with van der Waals surface area (Å²) in [4.78, 5) is 32.5. The molecule has 110 valence electrons. The average molecular weight is 329 g/mol. The summed E-state index contributed by atoms with van der Waals surface area (Å²) < 4.78 is 0. The van der Waals surface area contributed by atoms with Gasteiger partial charge in [-0.3, -0.25) is 14.9 Å². The van der Waals surface area contributed by atoms with Gasteiger partial charge < -0.3 is 0 Å². The number of para-hydroxylation sites is 1. The molecule has 0 saturated carbocycles. The van der Waals surface area contributed by atoms with Crippen molar-refractivity contribution in [2.45, 2.75) is 5.03 Å². The van der Waals surface area contributed by atoms with E-state index in [4.69, 9.17) is 0 Å². The van der Waals surface area contributed by atoms with Crippen LogP contribution in [0, 0.1) is 0 Å². The molecule has 1 aromatic carbocycles. The molecule has 0 aliphatic rings. The van der Waals surface area contributed by atoms with E-state index in [0.717, 1.165) is 15.9 Å². The molecule has 2 amide bonds. The van der Waals surface area contributed by atoms with Crippen molar-refractivity contribution in [3.05, 3.63) is 53.0 Å². The minimum absolute atomic E-state index is 0.123. The number of carbonyl (C=O) groups is 2. The van der Waals surface area contributed by atoms with Crippen LogP contribution in [0.3, 0.4) is 0 Å². The molecule has 1 N–H and O–H groups in total. The van der Waals surface area contributed by atoms with E-state index in [1.807, 2.05) is 24.3 Å². The van der Waals surface area contributed by atoms with Crippen molar-refractivity contribution in [3.8, 4) is 0 Å². The number of fused-ring (bicyclic) bond motifs is 1. The van der Waals surface area contributed by atoms with Crippen molar-refractivity contribution in [1.82, 2.24) is 15.3 Å². The number of thiophene rings is 1. The van der Waals surface area contributed by atoms with Gasteiger partial charge in [0.15, 0.2) is 0 Å². The molecule has 5 nitrogen and oxygen atoms in total. The lowest BCUT2D eigenvalue weighted by Gasteiger charge is -2.05. The number of rotatable bonds is 4. The summed E-state index contributed by atoms with van der Waals surface area (Å²) in [5.74, 6) is -0.586. The lowest BCUT2D eigenvalue weighted by atomic mass is 10.2. The summed E-state index contributed by atoms with van der Waals surface area (Å²) >= 11 is 2.58. The highest BCUT2D eigenvalue weighted by Crippen LogP contribution is 2.23. The second kappa shape index (κ2) is 6.67. The molecular weight excluding hydrogens is 318 g/mol. The Hall–Kier alpha value is -2.25. The number of imide groups is 1. The highest BCUT2D eigenvalue weighted by atomic mass is 32.2. The van der Waals surface area contributed by atoms with E-state index in [-0.39, 0.29) is 17.6 Å². The molecule has 3 aromatic rings. The molecule has 0 radical (unpaired) electrons. The van der Waals surface area contributed by atoms with E-state index in [1.165, 1.54) is 29.4 Å². The van der Waals surface area contributed by atoms with Crippen molar-refractivity contribution in [2.24, 2.45) is 0 Å². The lowest BCUT2D eigenvalue weighted by Crippen LogP contribution is -2.31. The van der Waals surface area contributed by atoms with Gasteiger partial charge in [0, 0.05) is 5.39 Å². The summed E-state index contributed by atoms with van der Waals surface area (Å²) in [5.41, 5.74) is 0.829. The standard InChI is InChI=1S/C15H11N3O2S2/c19-13(18-14(20)12-6-3-7-21-12)8-22-15-10-4-1-2-5-11(10)16-9-17-15/h1-7,9H,8H2,(H,18,19,20). The SMILES string of the molecule is O=C(CSc1ncnc2ccccc12)NC(=O)c1cccs1. The fourth-order valence-electron chi connectivity index (χ4n) is 1.86. The summed E-state index contributed by atoms with van der Waals surface area (Å²) in [7, 11) is 0. The third-order valence-corrected chi connectivity index (χ3v) is 4.72. The van der Waals surface area contributed by atoms with Gasteiger partial charge in [0.2, 0.25) is 5.91 Å². The Labute approximate surface area is 134 Å². The molecule has 0 aliphatic heterocycles. The summed E-state index contributed by atoms with van der Waals surface area (Å²) in [6, 6.07) is 11.0. The maximum absolute atomic E-state index is 11.9. The topological polar surface area (TPSA) is 72.0 Å². The van der Waals surface area contributed by atoms with Crippen LogP contribution in [0.4, 0.5) is 0 Å². The van der Waals surface area contributed by atoms with E-state index in [9.17, 15) is 9.59 Å². The Balaban J connectivity index is 1.64. The van der Waals surface area contributed by atoms with Crippen molar-refractivity contribution in [1.29, 1.82) is 0 Å². The van der Waals surface area contributed by atoms with Gasteiger partial charge in [0.05, 0.1) is 16.1 Å². The van der Waals surface area contributed by atoms with Crippen LogP contribution in [0.25, 0.3) is 10.9 Å². The average Bonchev–Trinajstić information content (AvgIpc) is 3.07. The molecule has 2 aromatic heterocycles. The lowest BCUT2D eigenvalue weighted by molar-refractivity contribution is -0.117. The summed E-state index contributed by atoms with van der Waals surface area (Å²) in [5, 5.41) is 5.78. The van der Waals surface area contributed by atoms with Crippen LogP contribution >= 0.6 is 23.1 Å². The minimum atomic E-state index is -0.367. The monoisotopic (exact) mass is 329 g/mol. The van der Waals surface area contributed by atoms with Gasteiger partial charge in [-0.15, -0.1) is 11.3 Å². The van der Waals surface area contributed by atoms with Gasteiger partial charge >= 0.3 is 0 Å². The molecule has 0 unspecified atom stereocenters. The van der Waals surface area contributed by atoms with Crippen LogP contribution in [-0.4, -0.2) is 27.5 Å². The number of amides is 2. The Morgan fingerprint density at radius 2 is 2.00 bits per heavy atom. The molecule has 0 fully saturated rings. The molecule has 0 aliphatic carbocycles. The Kier molecular flexibility index (Phi) is 4.45. The quantitative estimate of drug-likeness (QED) is 0.588. The predicted octanol–water partition coefficient (Wildman–Crippen LogP) is 2.74. The molecule has 0 bridgehead atoms. The van der Waals surface area contributed by atoms with Crippen molar-refractivity contribution < 1.29 is 9.59 Å². The number of carbonyl (C=O) groups excluding carboxylic acids is 2. The molecule has 2 heterocycles. The molecule has 3 rings (SSSR count). The van der Waals surface area contributed by atoms with Gasteiger partial charge in [-0.05, 0) is 17.5 Å². The van der Waals surface area contributed by atoms with Crippen LogP contribution in [-0.2, 0) is 4.79 Å². The number of thioether (sulfide) groups is 1. The van der Waals surface area contributed by atoms with Crippen LogP contribution in [0.15, 0.2) is 53.1 Å². The first kappa shape index (κ1) is 14.7. The Bertz CT molecular complexity index is 813. The second-order valence-corrected chi connectivity index (χ2v) is 6.25. The summed E-state index contributed by atoms with van der Waals surface area (Å²) in [6.45, 7) is 0. The van der Waals surface area contributed by atoms with Crippen molar-refractivity contribution in [2.75, 3.05) is 5.75 Å². The number of nitrogens with one attached hydrogen (secondary N) is 1. The normalized spacial score (nSPS) is 10.5. The minimum Gasteiger partial charge on any atom is -0.291 e. The third-order valence-electron chi connectivity index (χ3n) is 2.84. The Morgan fingerprint density at radius 1 is 1.14 bits per heavy atom. The van der Waals surface area contributed by atoms with Crippen LogP contribution in [0.1, 0.15) is 9.67 Å². The van der Waals surface area contributed by atoms with Crippen molar-refractivity contribution in [3.63, 3.8) is 0 Å². The molecule has 7 heteroatoms. The molecule has 0 spiro atoms. The van der Waals surface area contributed by atoms with E-state index in [1.54, 1.807) is 17.5 Å². The maximum Gasteiger partial charge on any atom is 0.267 e. The first-order valence-corrected chi connectivity index (χ1v) is 8.31. The molecular formula is C15H11N3O2S2. The highest BCUT2D eigenvalue weighted by Gasteiger charge is 2.12. The zero-order valence-corrected chi connectivity index (χ0v) is 13.0. The van der Waals surface area contributed by atoms with Crippen LogP contribution in [0.5, 0.6) is 0 Å². The Morgan fingerprint density at radius 3 is 2.82 bits per heavy atom. The number of nitrogens with zero attached hydrogens (tertiary/aromatic N) is 2. The summed E-state index contributed by atoms with van der Waals surface area (Å²) in [6.07, 6.45) is 1.47. The highest BCUT2D eigenvalue weighted by molar-refractivity contribution is 8.00. The predicted molar refractivity (Wildman–Crippen MR) is 87.1 cm³/mol. The second-order valence-electron chi connectivity index (χ2n) is 4.34. The zero-order valence-electron chi connectivity index (χ0n) is 11.4. The van der Waals surface area contributed by atoms with E-state index >= 15 is 0 Å². The van der Waals surface area contributed by atoms with Gasteiger partial charge in [0.1, 0.15) is 11.4 Å². The molecule has 22 heavy (non-hydrogen) atoms. The van der Waals surface area contributed by atoms with E-state index in [2.05, 4.69) is 15.3 Å². The van der Waals surface area contributed by atoms with Crippen LogP contribution in [0.2, 0.25) is 0 Å². The number of hydrogen-bond donors (Lipinski definition) is 1. The first-order valence-electron chi connectivity index (χ1n) is 6.44. The number of hydrogen-bond acceptors (Lipinski definition) is 6. The van der Waals surface area contributed by atoms with Gasteiger partial charge in [-0.1, -0.05) is 36.0 Å². The van der Waals surface area contributed by atoms with Gasteiger partial charge in [-0.25, -0.2) is 9.97 Å². The van der Waals surface area contributed by atoms with E-state index < -0.39 is 0 Å².